The highest BCUT2D eigenvalue weighted by molar-refractivity contribution is 5.76. The molecule has 8 nitrogen and oxygen atoms in total. The molecule has 0 heterocycles. The summed E-state index contributed by atoms with van der Waals surface area (Å²) in [5, 5.41) is 20.6. The minimum absolute atomic E-state index is 0.00156. The molecule has 2 N–H and O–H groups in total. The van der Waals surface area contributed by atoms with E-state index in [2.05, 4.69) is 51.3 Å². The van der Waals surface area contributed by atoms with Gasteiger partial charge < -0.3 is 29.5 Å². The van der Waals surface area contributed by atoms with E-state index in [1.54, 1.807) is 0 Å². The number of nitrogens with zero attached hydrogens (tertiary/aromatic N) is 2. The second-order valence-corrected chi connectivity index (χ2v) is 22.6. The summed E-state index contributed by atoms with van der Waals surface area (Å²) < 4.78 is 11.8. The van der Waals surface area contributed by atoms with Crippen LogP contribution in [0.4, 0.5) is 0 Å². The molecule has 0 aromatic carbocycles. The average molecular weight is 1020 g/mol. The molecule has 72 heavy (non-hydrogen) atoms. The maximum Gasteiger partial charge on any atom is 0.305 e. The predicted molar refractivity (Wildman–Crippen MR) is 311 cm³/mol. The van der Waals surface area contributed by atoms with Gasteiger partial charge in [0.25, 0.3) is 0 Å². The topological polar surface area (TPSA) is 99.5 Å². The first-order chi connectivity index (χ1) is 35.3. The lowest BCUT2D eigenvalue weighted by Crippen LogP contribution is -2.37. The van der Waals surface area contributed by atoms with E-state index < -0.39 is 6.29 Å². The first-order valence-electron chi connectivity index (χ1n) is 32.4. The lowest BCUT2D eigenvalue weighted by molar-refractivity contribution is -0.145. The maximum absolute atomic E-state index is 13.4. The number of ether oxygens (including phenoxy) is 2. The summed E-state index contributed by atoms with van der Waals surface area (Å²) in [4.78, 5) is 31.0. The van der Waals surface area contributed by atoms with Crippen molar-refractivity contribution in [2.24, 2.45) is 11.8 Å². The normalized spacial score (nSPS) is 13.5. The number of carbonyl (C=O) groups excluding carboxylic acids is 2. The average Bonchev–Trinajstić information content (AvgIpc) is 3.38. The Labute approximate surface area is 449 Å². The summed E-state index contributed by atoms with van der Waals surface area (Å²) in [7, 11) is 0. The van der Waals surface area contributed by atoms with Crippen LogP contribution < -0.4 is 0 Å². The molecule has 0 spiro atoms. The van der Waals surface area contributed by atoms with E-state index in [0.29, 0.717) is 49.8 Å². The number of hydrogen-bond donors (Lipinski definition) is 2. The van der Waals surface area contributed by atoms with Crippen molar-refractivity contribution >= 4 is 11.9 Å². The Morgan fingerprint density at radius 2 is 0.764 bits per heavy atom. The van der Waals surface area contributed by atoms with Gasteiger partial charge in [0, 0.05) is 45.1 Å². The Bertz CT molecular complexity index is 1100. The fraction of sp³-hybridized carbons (Fsp3) is 0.969. The highest BCUT2D eigenvalue weighted by Gasteiger charge is 2.19. The van der Waals surface area contributed by atoms with Gasteiger partial charge in [-0.1, -0.05) is 228 Å². The van der Waals surface area contributed by atoms with Gasteiger partial charge in [-0.05, 0) is 108 Å². The first kappa shape index (κ1) is 70.8. The molecule has 4 unspecified atom stereocenters. The van der Waals surface area contributed by atoms with E-state index >= 15 is 0 Å². The molecule has 0 radical (unpaired) electrons. The molecule has 4 atom stereocenters. The molecular weight excluding hydrogens is 893 g/mol. The molecule has 1 amide bonds. The molecule has 0 aliphatic rings. The number of esters is 1. The van der Waals surface area contributed by atoms with Crippen LogP contribution in [-0.4, -0.2) is 90.2 Å². The van der Waals surface area contributed by atoms with Crippen molar-refractivity contribution in [3.63, 3.8) is 0 Å². The van der Waals surface area contributed by atoms with Gasteiger partial charge in [0.2, 0.25) is 5.91 Å². The molecule has 0 aromatic rings. The van der Waals surface area contributed by atoms with E-state index in [-0.39, 0.29) is 12.6 Å². The van der Waals surface area contributed by atoms with Crippen molar-refractivity contribution in [1.29, 1.82) is 0 Å². The molecule has 0 saturated carbocycles. The Balaban J connectivity index is 5.13. The van der Waals surface area contributed by atoms with E-state index in [9.17, 15) is 19.8 Å². The van der Waals surface area contributed by atoms with Crippen LogP contribution in [0.25, 0.3) is 0 Å². The van der Waals surface area contributed by atoms with E-state index in [1.165, 1.54) is 205 Å². The van der Waals surface area contributed by atoms with Gasteiger partial charge in [-0.15, -0.1) is 0 Å². The summed E-state index contributed by atoms with van der Waals surface area (Å²) in [6.45, 7) is 18.9. The van der Waals surface area contributed by atoms with Gasteiger partial charge in [0.1, 0.15) is 0 Å². The molecular formula is C64H128N2O6. The third-order valence-corrected chi connectivity index (χ3v) is 15.6. The second-order valence-electron chi connectivity index (χ2n) is 22.6. The van der Waals surface area contributed by atoms with Crippen LogP contribution in [-0.2, 0) is 19.1 Å². The van der Waals surface area contributed by atoms with Crippen LogP contribution in [0.5, 0.6) is 0 Å². The molecule has 0 aliphatic heterocycles. The SMILES string of the molecule is CCCCCCC(CCCC)COC(=O)CCCCCCCCC(CCCCCCCCC(O)OCC(CCCC)CCCCCC)N(CCCO)CCCCCC(=O)N(CCCCCC)CCCCCC. The van der Waals surface area contributed by atoms with Crippen molar-refractivity contribution in [1.82, 2.24) is 9.80 Å². The zero-order chi connectivity index (χ0) is 52.8. The van der Waals surface area contributed by atoms with Crippen LogP contribution in [0, 0.1) is 11.8 Å². The van der Waals surface area contributed by atoms with Gasteiger partial charge >= 0.3 is 5.97 Å². The molecule has 0 fully saturated rings. The minimum Gasteiger partial charge on any atom is -0.465 e. The van der Waals surface area contributed by atoms with Crippen molar-refractivity contribution in [2.45, 2.75) is 343 Å². The molecule has 8 heteroatoms. The Hall–Kier alpha value is -1.22. The van der Waals surface area contributed by atoms with E-state index in [1.807, 2.05) is 0 Å². The number of rotatable bonds is 59. The Morgan fingerprint density at radius 3 is 1.28 bits per heavy atom. The van der Waals surface area contributed by atoms with Crippen molar-refractivity contribution in [3.8, 4) is 0 Å². The smallest absolute Gasteiger partial charge is 0.305 e. The van der Waals surface area contributed by atoms with Gasteiger partial charge in [-0.2, -0.15) is 0 Å². The summed E-state index contributed by atoms with van der Waals surface area (Å²) >= 11 is 0. The van der Waals surface area contributed by atoms with Gasteiger partial charge in [-0.25, -0.2) is 0 Å². The quantitative estimate of drug-likeness (QED) is 0.0356. The van der Waals surface area contributed by atoms with Crippen molar-refractivity contribution in [3.05, 3.63) is 0 Å². The van der Waals surface area contributed by atoms with Gasteiger partial charge in [0.15, 0.2) is 6.29 Å². The number of unbranched alkanes of at least 4 members (excludes halogenated alkanes) is 26. The molecule has 0 saturated heterocycles. The van der Waals surface area contributed by atoms with Crippen LogP contribution in [0.3, 0.4) is 0 Å². The standard InChI is InChI=1S/C64H128N2O6/c1-7-13-19-32-45-59(43-17-11-5)57-71-63(69)50-37-29-25-23-27-34-47-61(48-35-28-24-26-30-38-51-64(70)72-58-60(44-18-12-6)46-33-20-14-8-2)65(55-42-56-67)52-41-31-36-49-62(68)66(53-39-21-15-9-3)54-40-22-16-10-4/h59-61,63,67,69H,7-58H2,1-6H3. The van der Waals surface area contributed by atoms with E-state index in [4.69, 9.17) is 9.47 Å². The lowest BCUT2D eigenvalue weighted by atomic mass is 9.96. The number of carbonyl (C=O) groups is 2. The number of aliphatic hydroxyl groups is 2. The summed E-state index contributed by atoms with van der Waals surface area (Å²) in [6.07, 6.45) is 51.4. The molecule has 430 valence electrons. The molecule has 0 bridgehead atoms. The lowest BCUT2D eigenvalue weighted by Gasteiger charge is -2.32. The highest BCUT2D eigenvalue weighted by atomic mass is 16.6. The van der Waals surface area contributed by atoms with Crippen molar-refractivity contribution < 1.29 is 29.3 Å². The third-order valence-electron chi connectivity index (χ3n) is 15.6. The fourth-order valence-electron chi connectivity index (χ4n) is 10.7. The predicted octanol–water partition coefficient (Wildman–Crippen LogP) is 18.3. The third kappa shape index (κ3) is 46.1. The largest absolute Gasteiger partial charge is 0.465 e. The summed E-state index contributed by atoms with van der Waals surface area (Å²) in [5.41, 5.74) is 0. The highest BCUT2D eigenvalue weighted by Crippen LogP contribution is 2.23. The van der Waals surface area contributed by atoms with Gasteiger partial charge in [0.05, 0.1) is 13.2 Å². The second kappa shape index (κ2) is 56.0. The van der Waals surface area contributed by atoms with Crippen molar-refractivity contribution in [2.75, 3.05) is 46.0 Å². The first-order valence-corrected chi connectivity index (χ1v) is 32.4. The van der Waals surface area contributed by atoms with Crippen LogP contribution in [0.2, 0.25) is 0 Å². The molecule has 0 aromatic heterocycles. The fourth-order valence-corrected chi connectivity index (χ4v) is 10.7. The van der Waals surface area contributed by atoms with Gasteiger partial charge in [-0.3, -0.25) is 9.59 Å². The zero-order valence-corrected chi connectivity index (χ0v) is 49.5. The number of hydrogen-bond acceptors (Lipinski definition) is 7. The Kier molecular flexibility index (Phi) is 55.0. The summed E-state index contributed by atoms with van der Waals surface area (Å²) in [6, 6.07) is 0.530. The summed E-state index contributed by atoms with van der Waals surface area (Å²) in [5.74, 6) is 1.47. The minimum atomic E-state index is -0.627. The molecule has 0 aliphatic carbocycles. The van der Waals surface area contributed by atoms with Crippen LogP contribution in [0.1, 0.15) is 330 Å². The van der Waals surface area contributed by atoms with E-state index in [0.717, 1.165) is 96.8 Å². The monoisotopic (exact) mass is 1020 g/mol. The number of aliphatic hydroxyl groups excluding tert-OH is 2. The van der Waals surface area contributed by atoms with Crippen LogP contribution in [0.15, 0.2) is 0 Å². The Morgan fingerprint density at radius 1 is 0.389 bits per heavy atom. The maximum atomic E-state index is 13.4. The van der Waals surface area contributed by atoms with Crippen LogP contribution >= 0.6 is 0 Å². The molecule has 0 rings (SSSR count). The zero-order valence-electron chi connectivity index (χ0n) is 49.5. The number of amides is 1.